The Morgan fingerprint density at radius 3 is 2.40 bits per heavy atom. The fraction of sp³-hybridized carbons (Fsp3) is 0.125. The van der Waals surface area contributed by atoms with Gasteiger partial charge in [-0.15, -0.1) is 13.2 Å². The van der Waals surface area contributed by atoms with E-state index in [1.165, 1.54) is 0 Å². The van der Waals surface area contributed by atoms with Gasteiger partial charge in [-0.05, 0) is 6.07 Å². The highest BCUT2D eigenvalue weighted by Gasteiger charge is 2.31. The fourth-order valence-corrected chi connectivity index (χ4v) is 0.903. The topological polar surface area (TPSA) is 52.3 Å². The number of rotatable bonds is 2. The maximum atomic E-state index is 12.9. The van der Waals surface area contributed by atoms with Crippen LogP contribution in [0.3, 0.4) is 0 Å². The summed E-state index contributed by atoms with van der Waals surface area (Å²) in [6, 6.07) is 1.16. The number of alkyl halides is 3. The molecule has 0 unspecified atom stereocenters. The van der Waals surface area contributed by atoms with Crippen molar-refractivity contribution in [3.8, 4) is 5.75 Å². The average molecular weight is 223 g/mol. The number of halogens is 4. The number of ether oxygens (including phenoxy) is 1. The molecule has 3 nitrogen and oxygen atoms in total. The summed E-state index contributed by atoms with van der Waals surface area (Å²) in [5.74, 6) is -1.96. The van der Waals surface area contributed by atoms with E-state index in [1.807, 2.05) is 0 Å². The average Bonchev–Trinajstić information content (AvgIpc) is 2.08. The number of benzene rings is 1. The molecule has 0 fully saturated rings. The third-order valence-corrected chi connectivity index (χ3v) is 1.50. The first-order chi connectivity index (χ1) is 6.83. The van der Waals surface area contributed by atoms with Crippen LogP contribution in [0.4, 0.5) is 23.2 Å². The summed E-state index contributed by atoms with van der Waals surface area (Å²) in [5, 5.41) is 0. The van der Waals surface area contributed by atoms with Crippen molar-refractivity contribution in [3.05, 3.63) is 23.5 Å². The molecule has 0 atom stereocenters. The van der Waals surface area contributed by atoms with Crippen LogP contribution in [0.1, 0.15) is 10.4 Å². The van der Waals surface area contributed by atoms with Crippen LogP contribution >= 0.6 is 0 Å². The van der Waals surface area contributed by atoms with Gasteiger partial charge in [-0.3, -0.25) is 4.79 Å². The number of anilines is 1. The molecule has 15 heavy (non-hydrogen) atoms. The molecule has 0 aliphatic heterocycles. The van der Waals surface area contributed by atoms with Crippen molar-refractivity contribution in [1.82, 2.24) is 0 Å². The third-order valence-electron chi connectivity index (χ3n) is 1.50. The Morgan fingerprint density at radius 1 is 1.33 bits per heavy atom. The van der Waals surface area contributed by atoms with E-state index in [1.54, 1.807) is 0 Å². The van der Waals surface area contributed by atoms with Crippen LogP contribution in [0.5, 0.6) is 5.75 Å². The predicted molar refractivity (Wildman–Crippen MR) is 42.9 cm³/mol. The first kappa shape index (κ1) is 11.3. The van der Waals surface area contributed by atoms with E-state index < -0.39 is 29.2 Å². The van der Waals surface area contributed by atoms with E-state index >= 15 is 0 Å². The highest BCUT2D eigenvalue weighted by Crippen LogP contribution is 2.27. The summed E-state index contributed by atoms with van der Waals surface area (Å²) in [6.45, 7) is 0. The van der Waals surface area contributed by atoms with Crippen LogP contribution in [0.15, 0.2) is 12.1 Å². The quantitative estimate of drug-likeness (QED) is 0.474. The van der Waals surface area contributed by atoms with Gasteiger partial charge in [0.25, 0.3) is 0 Å². The maximum Gasteiger partial charge on any atom is 0.573 e. The lowest BCUT2D eigenvalue weighted by molar-refractivity contribution is -0.274. The molecule has 1 aromatic rings. The molecule has 0 aliphatic carbocycles. The molecule has 0 bridgehead atoms. The highest BCUT2D eigenvalue weighted by atomic mass is 19.4. The maximum absolute atomic E-state index is 12.9. The van der Waals surface area contributed by atoms with Crippen LogP contribution in [-0.2, 0) is 0 Å². The molecular weight excluding hydrogens is 218 g/mol. The number of hydrogen-bond acceptors (Lipinski definition) is 3. The zero-order chi connectivity index (χ0) is 11.6. The minimum atomic E-state index is -4.94. The Kier molecular flexibility index (Phi) is 2.83. The first-order valence-electron chi connectivity index (χ1n) is 3.63. The van der Waals surface area contributed by atoms with E-state index in [-0.39, 0.29) is 6.29 Å². The van der Waals surface area contributed by atoms with Crippen LogP contribution < -0.4 is 10.5 Å². The molecule has 82 valence electrons. The lowest BCUT2D eigenvalue weighted by Gasteiger charge is -2.10. The number of carbonyl (C=O) groups is 1. The largest absolute Gasteiger partial charge is 0.573 e. The van der Waals surface area contributed by atoms with E-state index in [0.29, 0.717) is 12.1 Å². The van der Waals surface area contributed by atoms with Gasteiger partial charge in [-0.1, -0.05) is 0 Å². The second-order valence-electron chi connectivity index (χ2n) is 2.57. The summed E-state index contributed by atoms with van der Waals surface area (Å²) in [6.07, 6.45) is -4.80. The lowest BCUT2D eigenvalue weighted by Crippen LogP contribution is -2.17. The van der Waals surface area contributed by atoms with E-state index in [0.717, 1.165) is 0 Å². The number of carbonyl (C=O) groups excluding carboxylic acids is 1. The standard InChI is InChI=1S/C8H5F4NO2/c9-6-2-5(15-8(10,11)12)1-4(3-14)7(6)13/h1-3H,13H2. The molecule has 0 radical (unpaired) electrons. The molecule has 0 heterocycles. The SMILES string of the molecule is Nc1c(F)cc(OC(F)(F)F)cc1C=O. The van der Waals surface area contributed by atoms with Crippen molar-refractivity contribution in [2.24, 2.45) is 0 Å². The predicted octanol–water partition coefficient (Wildman–Crippen LogP) is 2.12. The van der Waals surface area contributed by atoms with Crippen molar-refractivity contribution in [2.45, 2.75) is 6.36 Å². The van der Waals surface area contributed by atoms with Crippen LogP contribution in [0, 0.1) is 5.82 Å². The molecule has 0 saturated carbocycles. The van der Waals surface area contributed by atoms with Gasteiger partial charge in [-0.25, -0.2) is 4.39 Å². The molecular formula is C8H5F4NO2. The van der Waals surface area contributed by atoms with Gasteiger partial charge in [0.05, 0.1) is 5.69 Å². The van der Waals surface area contributed by atoms with Gasteiger partial charge in [0, 0.05) is 11.6 Å². The monoisotopic (exact) mass is 223 g/mol. The minimum absolute atomic E-state index is 0.141. The Hall–Kier alpha value is -1.79. The summed E-state index contributed by atoms with van der Waals surface area (Å²) < 4.78 is 51.5. The second kappa shape index (κ2) is 3.76. The van der Waals surface area contributed by atoms with Crippen LogP contribution in [0.2, 0.25) is 0 Å². The normalized spacial score (nSPS) is 11.2. The molecule has 0 saturated heterocycles. The van der Waals surface area contributed by atoms with Crippen LogP contribution in [0.25, 0.3) is 0 Å². The number of aldehydes is 1. The first-order valence-corrected chi connectivity index (χ1v) is 3.63. The molecule has 0 spiro atoms. The molecule has 1 rings (SSSR count). The number of nitrogen functional groups attached to an aromatic ring is 1. The van der Waals surface area contributed by atoms with E-state index in [4.69, 9.17) is 5.73 Å². The van der Waals surface area contributed by atoms with Crippen molar-refractivity contribution in [2.75, 3.05) is 5.73 Å². The zero-order valence-electron chi connectivity index (χ0n) is 7.14. The van der Waals surface area contributed by atoms with E-state index in [9.17, 15) is 22.4 Å². The third kappa shape index (κ3) is 2.83. The number of nitrogens with two attached hydrogens (primary N) is 1. The second-order valence-corrected chi connectivity index (χ2v) is 2.57. The summed E-state index contributed by atoms with van der Waals surface area (Å²) in [7, 11) is 0. The Bertz CT molecular complexity index is 389. The van der Waals surface area contributed by atoms with Gasteiger partial charge < -0.3 is 10.5 Å². The highest BCUT2D eigenvalue weighted by molar-refractivity contribution is 5.84. The van der Waals surface area contributed by atoms with Crippen molar-refractivity contribution in [1.29, 1.82) is 0 Å². The van der Waals surface area contributed by atoms with E-state index in [2.05, 4.69) is 4.74 Å². The molecule has 7 heteroatoms. The van der Waals surface area contributed by atoms with Crippen LogP contribution in [-0.4, -0.2) is 12.6 Å². The molecule has 1 aromatic carbocycles. The summed E-state index contributed by atoms with van der Waals surface area (Å²) >= 11 is 0. The lowest BCUT2D eigenvalue weighted by atomic mass is 10.2. The van der Waals surface area contributed by atoms with Gasteiger partial charge in [0.1, 0.15) is 5.75 Å². The smallest absolute Gasteiger partial charge is 0.406 e. The molecule has 0 aliphatic rings. The zero-order valence-corrected chi connectivity index (χ0v) is 7.14. The Labute approximate surface area is 81.4 Å². The Balaban J connectivity index is 3.11. The van der Waals surface area contributed by atoms with Crippen molar-refractivity contribution in [3.63, 3.8) is 0 Å². The van der Waals surface area contributed by atoms with Gasteiger partial charge in [0.2, 0.25) is 0 Å². The Morgan fingerprint density at radius 2 is 1.93 bits per heavy atom. The van der Waals surface area contributed by atoms with Crippen molar-refractivity contribution < 1.29 is 27.1 Å². The number of hydrogen-bond donors (Lipinski definition) is 1. The summed E-state index contributed by atoms with van der Waals surface area (Å²) in [4.78, 5) is 10.3. The molecule has 0 aromatic heterocycles. The minimum Gasteiger partial charge on any atom is -0.406 e. The van der Waals surface area contributed by atoms with Gasteiger partial charge >= 0.3 is 6.36 Å². The van der Waals surface area contributed by atoms with Gasteiger partial charge in [0.15, 0.2) is 12.1 Å². The molecule has 0 amide bonds. The van der Waals surface area contributed by atoms with Crippen molar-refractivity contribution >= 4 is 12.0 Å². The summed E-state index contributed by atoms with van der Waals surface area (Å²) in [5.41, 5.74) is 4.17. The van der Waals surface area contributed by atoms with Gasteiger partial charge in [-0.2, -0.15) is 0 Å². The fourth-order valence-electron chi connectivity index (χ4n) is 0.903. The molecule has 2 N–H and O–H groups in total.